The van der Waals surface area contributed by atoms with Gasteiger partial charge in [-0.15, -0.1) is 23.5 Å². The first-order chi connectivity index (χ1) is 9.15. The Morgan fingerprint density at radius 1 is 1.47 bits per heavy atom. The minimum Gasteiger partial charge on any atom is -0.370 e. The predicted octanol–water partition coefficient (Wildman–Crippen LogP) is 1.27. The van der Waals surface area contributed by atoms with Crippen LogP contribution in [0.2, 0.25) is 0 Å². The Balaban J connectivity index is 2.39. The number of unbranched alkanes of at least 4 members (excludes halogenated alkanes) is 1. The van der Waals surface area contributed by atoms with Crippen LogP contribution in [0, 0.1) is 0 Å². The van der Waals surface area contributed by atoms with Gasteiger partial charge in [0.05, 0.1) is 12.0 Å². The maximum atomic E-state index is 12.2. The molecule has 5 nitrogen and oxygen atoms in total. The summed E-state index contributed by atoms with van der Waals surface area (Å²) in [7, 11) is 0. The number of amides is 2. The number of carbonyl (C=O) groups excluding carboxylic acids is 2. The Morgan fingerprint density at radius 3 is 2.84 bits per heavy atom. The molecular weight excluding hydrogens is 284 g/mol. The lowest BCUT2D eigenvalue weighted by Crippen LogP contribution is -2.41. The number of primary amides is 1. The lowest BCUT2D eigenvalue weighted by molar-refractivity contribution is -0.132. The number of ether oxygens (including phenoxy) is 1. The van der Waals surface area contributed by atoms with Crippen molar-refractivity contribution < 1.29 is 14.3 Å². The topological polar surface area (TPSA) is 72.6 Å². The Kier molecular flexibility index (Phi) is 8.32. The molecule has 1 aliphatic heterocycles. The highest BCUT2D eigenvalue weighted by molar-refractivity contribution is 8.19. The zero-order valence-corrected chi connectivity index (χ0v) is 12.9. The standard InChI is InChI=1S/C12H22N2O3S2/c1-2-3-4-11(16)14(12-8-18-9-19-12)5-6-17-7-10(13)15/h12H,2-9H2,1H3,(H2,13,15)/t12-/m1/s1. The fourth-order valence-corrected chi connectivity index (χ4v) is 4.60. The lowest BCUT2D eigenvalue weighted by atomic mass is 10.2. The Hall–Kier alpha value is -0.400. The molecule has 0 aromatic rings. The van der Waals surface area contributed by atoms with Crippen molar-refractivity contribution in [2.45, 2.75) is 31.6 Å². The van der Waals surface area contributed by atoms with Gasteiger partial charge in [0.1, 0.15) is 6.61 Å². The second-order valence-electron chi connectivity index (χ2n) is 4.32. The van der Waals surface area contributed by atoms with Crippen LogP contribution in [0.15, 0.2) is 0 Å². The number of rotatable bonds is 9. The van der Waals surface area contributed by atoms with Crippen molar-refractivity contribution in [2.24, 2.45) is 5.73 Å². The van der Waals surface area contributed by atoms with Gasteiger partial charge in [0.15, 0.2) is 0 Å². The van der Waals surface area contributed by atoms with Crippen LogP contribution in [0.4, 0.5) is 0 Å². The van der Waals surface area contributed by atoms with E-state index >= 15 is 0 Å². The summed E-state index contributed by atoms with van der Waals surface area (Å²) in [6.45, 7) is 2.90. The third-order valence-corrected chi connectivity index (χ3v) is 5.52. The van der Waals surface area contributed by atoms with E-state index in [0.29, 0.717) is 19.6 Å². The third kappa shape index (κ3) is 6.54. The first kappa shape index (κ1) is 16.7. The van der Waals surface area contributed by atoms with E-state index in [2.05, 4.69) is 6.92 Å². The first-order valence-corrected chi connectivity index (χ1v) is 8.70. The fourth-order valence-electron chi connectivity index (χ4n) is 1.74. The van der Waals surface area contributed by atoms with E-state index < -0.39 is 5.91 Å². The van der Waals surface area contributed by atoms with E-state index in [9.17, 15) is 9.59 Å². The maximum Gasteiger partial charge on any atom is 0.243 e. The van der Waals surface area contributed by atoms with Gasteiger partial charge in [0.25, 0.3) is 0 Å². The van der Waals surface area contributed by atoms with Gasteiger partial charge < -0.3 is 15.4 Å². The van der Waals surface area contributed by atoms with Crippen molar-refractivity contribution in [3.05, 3.63) is 0 Å². The van der Waals surface area contributed by atoms with Gasteiger partial charge in [-0.2, -0.15) is 0 Å². The van der Waals surface area contributed by atoms with Crippen LogP contribution in [0.1, 0.15) is 26.2 Å². The van der Waals surface area contributed by atoms with E-state index in [-0.39, 0.29) is 17.9 Å². The quantitative estimate of drug-likeness (QED) is 0.650. The van der Waals surface area contributed by atoms with E-state index in [0.717, 1.165) is 23.7 Å². The van der Waals surface area contributed by atoms with Crippen LogP contribution >= 0.6 is 23.5 Å². The van der Waals surface area contributed by atoms with Crippen molar-refractivity contribution in [3.63, 3.8) is 0 Å². The second-order valence-corrected chi connectivity index (χ2v) is 6.88. The van der Waals surface area contributed by atoms with Gasteiger partial charge in [-0.1, -0.05) is 13.3 Å². The number of nitrogens with zero attached hydrogens (tertiary/aromatic N) is 1. The van der Waals surface area contributed by atoms with E-state index in [1.807, 2.05) is 16.7 Å². The fraction of sp³-hybridized carbons (Fsp3) is 0.833. The van der Waals surface area contributed by atoms with Crippen molar-refractivity contribution in [1.29, 1.82) is 0 Å². The van der Waals surface area contributed by atoms with E-state index in [1.165, 1.54) is 0 Å². The molecule has 0 spiro atoms. The predicted molar refractivity (Wildman–Crippen MR) is 80.0 cm³/mol. The van der Waals surface area contributed by atoms with Crippen LogP contribution in [0.3, 0.4) is 0 Å². The van der Waals surface area contributed by atoms with Crippen LogP contribution in [0.25, 0.3) is 0 Å². The summed E-state index contributed by atoms with van der Waals surface area (Å²) in [5.41, 5.74) is 5.01. The van der Waals surface area contributed by atoms with Crippen molar-refractivity contribution in [2.75, 3.05) is 30.6 Å². The molecular formula is C12H22N2O3S2. The summed E-state index contributed by atoms with van der Waals surface area (Å²) in [4.78, 5) is 24.6. The van der Waals surface area contributed by atoms with Gasteiger partial charge in [0.2, 0.25) is 11.8 Å². The Labute approximate surface area is 123 Å². The van der Waals surface area contributed by atoms with Crippen LogP contribution in [-0.4, -0.2) is 52.7 Å². The maximum absolute atomic E-state index is 12.2. The summed E-state index contributed by atoms with van der Waals surface area (Å²) >= 11 is 3.65. The molecule has 110 valence electrons. The van der Waals surface area contributed by atoms with E-state index in [4.69, 9.17) is 10.5 Å². The molecule has 1 heterocycles. The van der Waals surface area contributed by atoms with Crippen LogP contribution in [0.5, 0.6) is 0 Å². The molecule has 7 heteroatoms. The molecule has 19 heavy (non-hydrogen) atoms. The number of thioether (sulfide) groups is 2. The molecule has 0 radical (unpaired) electrons. The Bertz CT molecular complexity index is 297. The molecule has 0 aliphatic carbocycles. The Morgan fingerprint density at radius 2 is 2.26 bits per heavy atom. The van der Waals surface area contributed by atoms with Crippen molar-refractivity contribution in [3.8, 4) is 0 Å². The van der Waals surface area contributed by atoms with Gasteiger partial charge in [-0.25, -0.2) is 0 Å². The molecule has 1 rings (SSSR count). The average molecular weight is 306 g/mol. The first-order valence-electron chi connectivity index (χ1n) is 6.50. The number of hydrogen-bond acceptors (Lipinski definition) is 5. The molecule has 2 amide bonds. The monoisotopic (exact) mass is 306 g/mol. The van der Waals surface area contributed by atoms with Crippen LogP contribution in [-0.2, 0) is 14.3 Å². The molecule has 0 aromatic heterocycles. The number of hydrogen-bond donors (Lipinski definition) is 1. The summed E-state index contributed by atoms with van der Waals surface area (Å²) < 4.78 is 5.16. The zero-order chi connectivity index (χ0) is 14.1. The van der Waals surface area contributed by atoms with Crippen molar-refractivity contribution >= 4 is 35.3 Å². The lowest BCUT2D eigenvalue weighted by Gasteiger charge is -2.28. The largest absolute Gasteiger partial charge is 0.370 e. The highest BCUT2D eigenvalue weighted by Gasteiger charge is 2.26. The van der Waals surface area contributed by atoms with Gasteiger partial charge >= 0.3 is 0 Å². The smallest absolute Gasteiger partial charge is 0.243 e. The molecule has 1 aliphatic rings. The van der Waals surface area contributed by atoms with Crippen molar-refractivity contribution in [1.82, 2.24) is 4.90 Å². The summed E-state index contributed by atoms with van der Waals surface area (Å²) in [6.07, 6.45) is 2.53. The summed E-state index contributed by atoms with van der Waals surface area (Å²) in [6, 6.07) is 0. The summed E-state index contributed by atoms with van der Waals surface area (Å²) in [5, 5.41) is 1.27. The molecule has 1 saturated heterocycles. The highest BCUT2D eigenvalue weighted by Crippen LogP contribution is 2.32. The molecule has 0 aromatic carbocycles. The van der Waals surface area contributed by atoms with Gasteiger partial charge in [0, 0.05) is 23.8 Å². The molecule has 0 bridgehead atoms. The normalized spacial score (nSPS) is 18.5. The third-order valence-electron chi connectivity index (χ3n) is 2.74. The van der Waals surface area contributed by atoms with E-state index in [1.54, 1.807) is 11.8 Å². The van der Waals surface area contributed by atoms with Crippen LogP contribution < -0.4 is 5.73 Å². The average Bonchev–Trinajstić information content (AvgIpc) is 2.89. The minimum absolute atomic E-state index is 0.0798. The number of carbonyl (C=O) groups is 2. The molecule has 1 fully saturated rings. The van der Waals surface area contributed by atoms with Gasteiger partial charge in [-0.3, -0.25) is 9.59 Å². The minimum atomic E-state index is -0.477. The molecule has 2 N–H and O–H groups in total. The molecule has 1 atom stereocenters. The molecule has 0 unspecified atom stereocenters. The van der Waals surface area contributed by atoms with Gasteiger partial charge in [-0.05, 0) is 6.42 Å². The highest BCUT2D eigenvalue weighted by atomic mass is 32.2. The summed E-state index contributed by atoms with van der Waals surface area (Å²) in [5.74, 6) is 0.678. The molecule has 0 saturated carbocycles. The number of nitrogens with two attached hydrogens (primary N) is 1. The SMILES string of the molecule is CCCCC(=O)N(CCOCC(N)=O)[C@H]1CSCS1. The second kappa shape index (κ2) is 9.50. The zero-order valence-electron chi connectivity index (χ0n) is 11.3.